The Morgan fingerprint density at radius 3 is 2.57 bits per heavy atom. The maximum atomic E-state index is 14.2. The van der Waals surface area contributed by atoms with Crippen LogP contribution >= 0.6 is 0 Å². The van der Waals surface area contributed by atoms with Crippen molar-refractivity contribution in [2.45, 2.75) is 44.7 Å². The molecule has 3 heterocycles. The first-order valence-electron chi connectivity index (χ1n) is 17.0. The molecule has 12 nitrogen and oxygen atoms in total. The van der Waals surface area contributed by atoms with Crippen molar-refractivity contribution in [3.63, 3.8) is 0 Å². The molecular formula is C37H43FN6O6S. The summed E-state index contributed by atoms with van der Waals surface area (Å²) >= 11 is 0. The van der Waals surface area contributed by atoms with Crippen molar-refractivity contribution in [2.75, 3.05) is 39.9 Å². The molecule has 14 heteroatoms. The zero-order valence-electron chi connectivity index (χ0n) is 28.9. The molecule has 1 fully saturated rings. The van der Waals surface area contributed by atoms with E-state index in [1.165, 1.54) is 12.1 Å². The van der Waals surface area contributed by atoms with Crippen LogP contribution in [-0.2, 0) is 27.9 Å². The number of H-pyrrole nitrogens is 1. The number of piperidine rings is 1. The number of methoxy groups -OCH3 is 1. The number of nitrogens with zero attached hydrogens (tertiary/aromatic N) is 4. The quantitative estimate of drug-likeness (QED) is 0.131. The van der Waals surface area contributed by atoms with Crippen molar-refractivity contribution in [3.8, 4) is 28.1 Å². The van der Waals surface area contributed by atoms with E-state index in [9.17, 15) is 22.7 Å². The van der Waals surface area contributed by atoms with Crippen molar-refractivity contribution in [3.05, 3.63) is 83.9 Å². The molecule has 3 N–H and O–H groups in total. The molecule has 0 radical (unpaired) electrons. The summed E-state index contributed by atoms with van der Waals surface area (Å²) in [5.74, 6) is 0.139. The summed E-state index contributed by atoms with van der Waals surface area (Å²) in [6.07, 6.45) is 3.57. The van der Waals surface area contributed by atoms with Gasteiger partial charge in [0.25, 0.3) is 0 Å². The van der Waals surface area contributed by atoms with Crippen molar-refractivity contribution in [1.29, 1.82) is 0 Å². The first-order valence-corrected chi connectivity index (χ1v) is 18.5. The Labute approximate surface area is 296 Å². The van der Waals surface area contributed by atoms with Gasteiger partial charge in [-0.25, -0.2) is 22.3 Å². The summed E-state index contributed by atoms with van der Waals surface area (Å²) in [5, 5.41) is 19.0. The molecule has 270 valence electrons. The Hall–Kier alpha value is -4.63. The third-order valence-corrected chi connectivity index (χ3v) is 10.6. The van der Waals surface area contributed by atoms with Crippen LogP contribution in [0, 0.1) is 17.7 Å². The monoisotopic (exact) mass is 718 g/mol. The molecule has 0 saturated carbocycles. The number of likely N-dealkylation sites (tertiary alicyclic amines) is 1. The Balaban J connectivity index is 1.02. The van der Waals surface area contributed by atoms with Crippen LogP contribution in [0.15, 0.2) is 71.8 Å². The average molecular weight is 719 g/mol. The molecule has 0 amide bonds. The van der Waals surface area contributed by atoms with Crippen molar-refractivity contribution < 1.29 is 32.2 Å². The number of carbonyl (C=O) groups is 1. The number of aromatic amines is 1. The fourth-order valence-corrected chi connectivity index (χ4v) is 7.51. The molecule has 0 aliphatic carbocycles. The second-order valence-corrected chi connectivity index (χ2v) is 15.0. The van der Waals surface area contributed by atoms with E-state index >= 15 is 0 Å². The number of nitrogens with one attached hydrogen (secondary N) is 2. The predicted octanol–water partition coefficient (Wildman–Crippen LogP) is 5.24. The highest BCUT2D eigenvalue weighted by molar-refractivity contribution is 7.89. The van der Waals surface area contributed by atoms with Crippen LogP contribution in [0.2, 0.25) is 0 Å². The number of fused-ring (bicyclic) bond motifs is 1. The number of halogens is 1. The normalized spacial score (nSPS) is 14.4. The van der Waals surface area contributed by atoms with Crippen molar-refractivity contribution in [1.82, 2.24) is 29.6 Å². The minimum atomic E-state index is -3.72. The molecular weight excluding hydrogens is 676 g/mol. The minimum absolute atomic E-state index is 0.160. The summed E-state index contributed by atoms with van der Waals surface area (Å²) in [6, 6.07) is 16.3. The zero-order chi connectivity index (χ0) is 36.1. The van der Waals surface area contributed by atoms with E-state index in [1.54, 1.807) is 66.5 Å². The smallest absolute Gasteiger partial charge is 0.355 e. The van der Waals surface area contributed by atoms with Crippen LogP contribution in [0.5, 0.6) is 5.75 Å². The van der Waals surface area contributed by atoms with Gasteiger partial charge in [0.05, 0.1) is 31.4 Å². The Kier molecular flexibility index (Phi) is 11.2. The summed E-state index contributed by atoms with van der Waals surface area (Å²) in [4.78, 5) is 18.5. The van der Waals surface area contributed by atoms with E-state index in [0.29, 0.717) is 52.5 Å². The first-order chi connectivity index (χ1) is 24.6. The van der Waals surface area contributed by atoms with Crippen LogP contribution in [0.4, 0.5) is 4.39 Å². The molecule has 2 aromatic heterocycles. The molecule has 51 heavy (non-hydrogen) atoms. The Bertz CT molecular complexity index is 2070. The lowest BCUT2D eigenvalue weighted by Gasteiger charge is -2.31. The third-order valence-electron chi connectivity index (χ3n) is 9.14. The number of sulfonamides is 1. The second-order valence-electron chi connectivity index (χ2n) is 13.2. The zero-order valence-corrected chi connectivity index (χ0v) is 29.7. The second kappa shape index (κ2) is 15.7. The van der Waals surface area contributed by atoms with Gasteiger partial charge in [0.2, 0.25) is 10.0 Å². The van der Waals surface area contributed by atoms with Crippen LogP contribution in [0.1, 0.15) is 42.7 Å². The highest BCUT2D eigenvalue weighted by atomic mass is 32.2. The lowest BCUT2D eigenvalue weighted by atomic mass is 9.97. The summed E-state index contributed by atoms with van der Waals surface area (Å²) < 4.78 is 55.8. The number of aliphatic hydroxyl groups excluding tert-OH is 1. The van der Waals surface area contributed by atoms with E-state index < -0.39 is 21.8 Å². The van der Waals surface area contributed by atoms with Gasteiger partial charge >= 0.3 is 5.97 Å². The van der Waals surface area contributed by atoms with E-state index in [4.69, 9.17) is 9.47 Å². The van der Waals surface area contributed by atoms with Crippen LogP contribution in [0.3, 0.4) is 0 Å². The molecule has 1 aliphatic rings. The van der Waals surface area contributed by atoms with Gasteiger partial charge in [-0.3, -0.25) is 4.68 Å². The van der Waals surface area contributed by atoms with Crippen LogP contribution in [0.25, 0.3) is 33.3 Å². The Morgan fingerprint density at radius 2 is 1.86 bits per heavy atom. The topological polar surface area (TPSA) is 152 Å². The largest absolute Gasteiger partial charge is 0.496 e. The molecule has 0 bridgehead atoms. The third kappa shape index (κ3) is 8.30. The molecule has 3 aromatic carbocycles. The van der Waals surface area contributed by atoms with E-state index in [1.807, 2.05) is 13.8 Å². The summed E-state index contributed by atoms with van der Waals surface area (Å²) in [7, 11) is -2.16. The molecule has 1 aliphatic heterocycles. The number of aliphatic hydroxyl groups is 1. The van der Waals surface area contributed by atoms with Gasteiger partial charge in [-0.1, -0.05) is 43.3 Å². The van der Waals surface area contributed by atoms with Gasteiger partial charge in [-0.05, 0) is 85.3 Å². The van der Waals surface area contributed by atoms with Gasteiger partial charge in [-0.15, -0.1) is 5.10 Å². The predicted molar refractivity (Wildman–Crippen MR) is 191 cm³/mol. The van der Waals surface area contributed by atoms with Crippen molar-refractivity contribution in [2.24, 2.45) is 11.8 Å². The maximum absolute atomic E-state index is 14.2. The van der Waals surface area contributed by atoms with Gasteiger partial charge in [0, 0.05) is 41.7 Å². The first kappa shape index (κ1) is 36.2. The van der Waals surface area contributed by atoms with E-state index in [2.05, 4.69) is 24.9 Å². The number of rotatable bonds is 14. The number of carbonyl (C=O) groups excluding carboxylic acids is 1. The molecule has 6 rings (SSSR count). The fraction of sp³-hybridized carbons (Fsp3) is 0.378. The molecule has 0 atom stereocenters. The van der Waals surface area contributed by atoms with Gasteiger partial charge in [-0.2, -0.15) is 0 Å². The molecule has 0 spiro atoms. The van der Waals surface area contributed by atoms with E-state index in [0.717, 1.165) is 37.1 Å². The average Bonchev–Trinajstić information content (AvgIpc) is 3.75. The van der Waals surface area contributed by atoms with Crippen molar-refractivity contribution >= 4 is 26.9 Å². The summed E-state index contributed by atoms with van der Waals surface area (Å²) in [5.41, 5.74) is 3.91. The summed E-state index contributed by atoms with van der Waals surface area (Å²) in [6.45, 7) is 7.08. The number of hydrogen-bond donors (Lipinski definition) is 3. The fourth-order valence-electron chi connectivity index (χ4n) is 6.49. The van der Waals surface area contributed by atoms with Gasteiger partial charge < -0.3 is 24.5 Å². The molecule has 1 saturated heterocycles. The van der Waals surface area contributed by atoms with Gasteiger partial charge in [0.15, 0.2) is 0 Å². The van der Waals surface area contributed by atoms with Gasteiger partial charge in [0.1, 0.15) is 23.0 Å². The Morgan fingerprint density at radius 1 is 1.10 bits per heavy atom. The lowest BCUT2D eigenvalue weighted by Crippen LogP contribution is -2.40. The van der Waals surface area contributed by atoms with Crippen LogP contribution in [-0.4, -0.2) is 84.3 Å². The maximum Gasteiger partial charge on any atom is 0.355 e. The number of hydrogen-bond acceptors (Lipinski definition) is 9. The lowest BCUT2D eigenvalue weighted by molar-refractivity contribution is 0.0454. The minimum Gasteiger partial charge on any atom is -0.496 e. The van der Waals surface area contributed by atoms with Crippen LogP contribution < -0.4 is 9.46 Å². The number of aromatic nitrogens is 4. The standard InChI is InChI=1S/C37H43FN6O6S/c1-24(2)23-50-37(46)36-35(30-19-28(38)9-12-31(30)40-36)32-21-44(42-41-32)20-25-13-16-43(17-14-25)18-15-39-51(47,48)29-10-7-26(8-11-29)34-27(22-45)5-4-6-33(34)49-3/h4-12,19,21,24-25,39-40,45H,13-18,20,22-23H2,1-3H3. The molecule has 5 aromatic rings. The highest BCUT2D eigenvalue weighted by Gasteiger charge is 2.25. The number of benzene rings is 3. The number of ether oxygens (including phenoxy) is 2. The molecule has 0 unspecified atom stereocenters. The SMILES string of the molecule is COc1cccc(CO)c1-c1ccc(S(=O)(=O)NCCN2CCC(Cn3cc(-c4c(C(=O)OCC(C)C)[nH]c5ccc(F)cc45)nn3)CC2)cc1. The van der Waals surface area contributed by atoms with E-state index in [-0.39, 0.29) is 36.3 Å². The highest BCUT2D eigenvalue weighted by Crippen LogP contribution is 2.35. The number of esters is 1.